The van der Waals surface area contributed by atoms with E-state index in [1.165, 1.54) is 31.7 Å². The third-order valence-corrected chi connectivity index (χ3v) is 4.76. The van der Waals surface area contributed by atoms with Crippen LogP contribution in [0.2, 0.25) is 0 Å². The SMILES string of the molecule is C/C(=N/NC(=O)c1ccccc1O)[C@H]1C[C@H]2CC[C@H]1C2. The van der Waals surface area contributed by atoms with Crippen molar-refractivity contribution in [3.05, 3.63) is 29.8 Å². The summed E-state index contributed by atoms with van der Waals surface area (Å²) in [5, 5.41) is 13.9. The molecule has 2 saturated carbocycles. The van der Waals surface area contributed by atoms with Gasteiger partial charge in [-0.3, -0.25) is 4.79 Å². The lowest BCUT2D eigenvalue weighted by atomic mass is 9.86. The van der Waals surface area contributed by atoms with Crippen molar-refractivity contribution in [1.82, 2.24) is 5.43 Å². The number of hydrogen-bond acceptors (Lipinski definition) is 3. The molecule has 1 amide bonds. The summed E-state index contributed by atoms with van der Waals surface area (Å²) in [6.45, 7) is 2.00. The Morgan fingerprint density at radius 2 is 2.10 bits per heavy atom. The van der Waals surface area contributed by atoms with Crippen LogP contribution in [0.5, 0.6) is 5.75 Å². The molecule has 2 N–H and O–H groups in total. The second-order valence-electron chi connectivity index (χ2n) is 5.99. The number of carbonyl (C=O) groups is 1. The molecule has 106 valence electrons. The predicted molar refractivity (Wildman–Crippen MR) is 77.6 cm³/mol. The number of hydrogen-bond donors (Lipinski definition) is 2. The first kappa shape index (κ1) is 13.2. The van der Waals surface area contributed by atoms with Gasteiger partial charge in [-0.15, -0.1) is 0 Å². The standard InChI is InChI=1S/C16H20N2O2/c1-10(14-9-11-6-7-12(14)8-11)17-18-16(20)13-4-2-3-5-15(13)19/h2-5,11-12,14,19H,6-9H2,1H3,(H,18,20)/b17-10-/t11-,12-,14+/m0/s1. The van der Waals surface area contributed by atoms with Crippen LogP contribution < -0.4 is 5.43 Å². The fraction of sp³-hybridized carbons (Fsp3) is 0.500. The molecule has 0 saturated heterocycles. The molecule has 0 heterocycles. The molecule has 2 aliphatic carbocycles. The first-order valence-electron chi connectivity index (χ1n) is 7.27. The van der Waals surface area contributed by atoms with Crippen LogP contribution in [0.3, 0.4) is 0 Å². The van der Waals surface area contributed by atoms with Gasteiger partial charge in [-0.05, 0) is 50.2 Å². The Balaban J connectivity index is 1.65. The maximum absolute atomic E-state index is 12.0. The van der Waals surface area contributed by atoms with Gasteiger partial charge in [0.25, 0.3) is 5.91 Å². The summed E-state index contributed by atoms with van der Waals surface area (Å²) in [7, 11) is 0. The van der Waals surface area contributed by atoms with Crippen LogP contribution in [0, 0.1) is 17.8 Å². The van der Waals surface area contributed by atoms with Crippen molar-refractivity contribution >= 4 is 11.6 Å². The number of carbonyl (C=O) groups excluding carboxylic acids is 1. The summed E-state index contributed by atoms with van der Waals surface area (Å²) in [5.74, 6) is 1.77. The molecule has 3 atom stereocenters. The molecule has 0 spiro atoms. The molecule has 20 heavy (non-hydrogen) atoms. The highest BCUT2D eigenvalue weighted by Gasteiger charge is 2.40. The minimum Gasteiger partial charge on any atom is -0.507 e. The maximum atomic E-state index is 12.0. The second-order valence-corrected chi connectivity index (χ2v) is 5.99. The molecule has 4 heteroatoms. The number of nitrogens with one attached hydrogen (secondary N) is 1. The van der Waals surface area contributed by atoms with E-state index < -0.39 is 0 Å². The Labute approximate surface area is 118 Å². The van der Waals surface area contributed by atoms with Gasteiger partial charge in [0.1, 0.15) is 5.75 Å². The van der Waals surface area contributed by atoms with E-state index in [0.717, 1.165) is 17.5 Å². The summed E-state index contributed by atoms with van der Waals surface area (Å²) >= 11 is 0. The Hall–Kier alpha value is -1.84. The van der Waals surface area contributed by atoms with Gasteiger partial charge >= 0.3 is 0 Å². The molecule has 1 aromatic rings. The van der Waals surface area contributed by atoms with Gasteiger partial charge in [-0.25, -0.2) is 5.43 Å². The van der Waals surface area contributed by atoms with Gasteiger partial charge in [0, 0.05) is 11.6 Å². The fourth-order valence-electron chi connectivity index (χ4n) is 3.70. The Morgan fingerprint density at radius 3 is 2.75 bits per heavy atom. The highest BCUT2D eigenvalue weighted by atomic mass is 16.3. The zero-order valence-corrected chi connectivity index (χ0v) is 11.7. The number of benzene rings is 1. The molecule has 2 aliphatic rings. The Kier molecular flexibility index (Phi) is 3.47. The summed E-state index contributed by atoms with van der Waals surface area (Å²) in [6.07, 6.45) is 5.20. The lowest BCUT2D eigenvalue weighted by molar-refractivity contribution is 0.0952. The van der Waals surface area contributed by atoms with Crippen LogP contribution in [0.25, 0.3) is 0 Å². The van der Waals surface area contributed by atoms with Gasteiger partial charge in [0.2, 0.25) is 0 Å². The number of para-hydroxylation sites is 1. The smallest absolute Gasteiger partial charge is 0.275 e. The van der Waals surface area contributed by atoms with Crippen LogP contribution in [0.1, 0.15) is 43.0 Å². The molecule has 4 nitrogen and oxygen atoms in total. The van der Waals surface area contributed by atoms with Gasteiger partial charge in [-0.2, -0.15) is 5.10 Å². The molecule has 0 aromatic heterocycles. The molecule has 1 aromatic carbocycles. The normalized spacial score (nSPS) is 28.6. The van der Waals surface area contributed by atoms with Crippen LogP contribution in [-0.2, 0) is 0 Å². The first-order chi connectivity index (χ1) is 9.65. The number of amides is 1. The maximum Gasteiger partial charge on any atom is 0.275 e. The molecule has 0 aliphatic heterocycles. The van der Waals surface area contributed by atoms with Crippen molar-refractivity contribution in [3.8, 4) is 5.75 Å². The minimum absolute atomic E-state index is 0.0159. The van der Waals surface area contributed by atoms with E-state index in [4.69, 9.17) is 0 Å². The minimum atomic E-state index is -0.356. The third kappa shape index (κ3) is 2.42. The van der Waals surface area contributed by atoms with E-state index in [2.05, 4.69) is 10.5 Å². The third-order valence-electron chi connectivity index (χ3n) is 4.76. The van der Waals surface area contributed by atoms with E-state index in [-0.39, 0.29) is 17.2 Å². The van der Waals surface area contributed by atoms with Gasteiger partial charge < -0.3 is 5.11 Å². The topological polar surface area (TPSA) is 61.7 Å². The van der Waals surface area contributed by atoms with Crippen LogP contribution >= 0.6 is 0 Å². The van der Waals surface area contributed by atoms with E-state index in [0.29, 0.717) is 5.92 Å². The molecular weight excluding hydrogens is 252 g/mol. The molecular formula is C16H20N2O2. The van der Waals surface area contributed by atoms with Crippen molar-refractivity contribution in [3.63, 3.8) is 0 Å². The molecule has 0 radical (unpaired) electrons. The Morgan fingerprint density at radius 1 is 1.30 bits per heavy atom. The number of phenolic OH excluding ortho intramolecular Hbond substituents is 1. The van der Waals surface area contributed by atoms with Gasteiger partial charge in [0.15, 0.2) is 0 Å². The van der Waals surface area contributed by atoms with Crippen molar-refractivity contribution < 1.29 is 9.90 Å². The number of rotatable bonds is 3. The molecule has 3 rings (SSSR count). The lowest BCUT2D eigenvalue weighted by Gasteiger charge is -2.21. The molecule has 2 bridgehead atoms. The van der Waals surface area contributed by atoms with Crippen molar-refractivity contribution in [2.75, 3.05) is 0 Å². The summed E-state index contributed by atoms with van der Waals surface area (Å²) in [6, 6.07) is 6.51. The van der Waals surface area contributed by atoms with Gasteiger partial charge in [-0.1, -0.05) is 18.6 Å². The lowest BCUT2D eigenvalue weighted by Crippen LogP contribution is -2.24. The van der Waals surface area contributed by atoms with Crippen LogP contribution in [0.15, 0.2) is 29.4 Å². The van der Waals surface area contributed by atoms with E-state index in [9.17, 15) is 9.90 Å². The van der Waals surface area contributed by atoms with Crippen molar-refractivity contribution in [1.29, 1.82) is 0 Å². The van der Waals surface area contributed by atoms with E-state index in [1.807, 2.05) is 6.92 Å². The van der Waals surface area contributed by atoms with Crippen LogP contribution in [-0.4, -0.2) is 16.7 Å². The average molecular weight is 272 g/mol. The van der Waals surface area contributed by atoms with Gasteiger partial charge in [0.05, 0.1) is 5.56 Å². The van der Waals surface area contributed by atoms with Crippen molar-refractivity contribution in [2.45, 2.75) is 32.6 Å². The zero-order valence-electron chi connectivity index (χ0n) is 11.7. The number of hydrazone groups is 1. The monoisotopic (exact) mass is 272 g/mol. The average Bonchev–Trinajstić information content (AvgIpc) is 3.07. The number of nitrogens with zero attached hydrogens (tertiary/aromatic N) is 1. The molecule has 0 unspecified atom stereocenters. The predicted octanol–water partition coefficient (Wildman–Crippen LogP) is 2.93. The second kappa shape index (κ2) is 5.27. The highest BCUT2D eigenvalue weighted by molar-refractivity contribution is 5.97. The summed E-state index contributed by atoms with van der Waals surface area (Å²) < 4.78 is 0. The fourth-order valence-corrected chi connectivity index (χ4v) is 3.70. The molecule has 2 fully saturated rings. The quantitative estimate of drug-likeness (QED) is 0.656. The largest absolute Gasteiger partial charge is 0.507 e. The van der Waals surface area contributed by atoms with Crippen molar-refractivity contribution in [2.24, 2.45) is 22.9 Å². The number of phenols is 1. The summed E-state index contributed by atoms with van der Waals surface area (Å²) in [4.78, 5) is 12.0. The highest BCUT2D eigenvalue weighted by Crippen LogP contribution is 2.48. The van der Waals surface area contributed by atoms with Crippen LogP contribution in [0.4, 0.5) is 0 Å². The van der Waals surface area contributed by atoms with E-state index in [1.54, 1.807) is 18.2 Å². The summed E-state index contributed by atoms with van der Waals surface area (Å²) in [5.41, 5.74) is 3.84. The number of aromatic hydroxyl groups is 1. The van der Waals surface area contributed by atoms with E-state index >= 15 is 0 Å². The number of fused-ring (bicyclic) bond motifs is 2. The first-order valence-corrected chi connectivity index (χ1v) is 7.27. The zero-order chi connectivity index (χ0) is 14.1. The Bertz CT molecular complexity index is 553.